The molecule has 1 heterocycles. The van der Waals surface area contributed by atoms with Crippen LogP contribution in [0.3, 0.4) is 0 Å². The molecule has 0 radical (unpaired) electrons. The summed E-state index contributed by atoms with van der Waals surface area (Å²) in [4.78, 5) is 4.20. The first-order valence-electron chi connectivity index (χ1n) is 5.57. The highest BCUT2D eigenvalue weighted by Gasteiger charge is 2.26. The maximum absolute atomic E-state index is 12.3. The number of aromatic nitrogens is 1. The summed E-state index contributed by atoms with van der Waals surface area (Å²) in [6.07, 6.45) is 2.30. The van der Waals surface area contributed by atoms with Gasteiger partial charge in [-0.2, -0.15) is 4.31 Å². The molecule has 17 heavy (non-hydrogen) atoms. The molecule has 6 heteroatoms. The van der Waals surface area contributed by atoms with E-state index in [1.54, 1.807) is 25.4 Å². The molecule has 0 spiro atoms. The summed E-state index contributed by atoms with van der Waals surface area (Å²) in [5.74, 6) is 0. The highest BCUT2D eigenvalue weighted by Crippen LogP contribution is 2.19. The van der Waals surface area contributed by atoms with Crippen molar-refractivity contribution in [3.63, 3.8) is 0 Å². The van der Waals surface area contributed by atoms with Crippen LogP contribution in [0.5, 0.6) is 0 Å². The van der Waals surface area contributed by atoms with Crippen LogP contribution >= 0.6 is 0 Å². The minimum absolute atomic E-state index is 0.0502. The van der Waals surface area contributed by atoms with Gasteiger partial charge in [-0.05, 0) is 25.5 Å². The van der Waals surface area contributed by atoms with Crippen molar-refractivity contribution >= 4 is 10.0 Å². The summed E-state index contributed by atoms with van der Waals surface area (Å²) in [7, 11) is -1.92. The summed E-state index contributed by atoms with van der Waals surface area (Å²) in [5, 5.41) is 0. The molecule has 0 aliphatic rings. The van der Waals surface area contributed by atoms with Crippen molar-refractivity contribution in [2.24, 2.45) is 5.73 Å². The molecule has 0 bridgehead atoms. The van der Waals surface area contributed by atoms with Gasteiger partial charge in [0.05, 0.1) is 5.69 Å². The number of pyridine rings is 1. The van der Waals surface area contributed by atoms with E-state index in [1.807, 2.05) is 13.8 Å². The fraction of sp³-hybridized carbons (Fsp3) is 0.545. The van der Waals surface area contributed by atoms with Gasteiger partial charge in [-0.15, -0.1) is 0 Å². The van der Waals surface area contributed by atoms with Crippen LogP contribution in [0.1, 0.15) is 26.0 Å². The second kappa shape index (κ2) is 5.57. The number of hydrogen-bond donors (Lipinski definition) is 1. The Morgan fingerprint density at radius 2 is 2.18 bits per heavy atom. The predicted molar refractivity (Wildman–Crippen MR) is 66.8 cm³/mol. The lowest BCUT2D eigenvalue weighted by Crippen LogP contribution is -2.35. The number of sulfonamides is 1. The number of nitrogens with zero attached hydrogens (tertiary/aromatic N) is 2. The van der Waals surface area contributed by atoms with Gasteiger partial charge in [0.1, 0.15) is 4.90 Å². The predicted octanol–water partition coefficient (Wildman–Crippen LogP) is 0.959. The van der Waals surface area contributed by atoms with Crippen molar-refractivity contribution in [2.45, 2.75) is 37.8 Å². The second-order valence-corrected chi connectivity index (χ2v) is 5.90. The van der Waals surface area contributed by atoms with Crippen LogP contribution in [0, 0.1) is 0 Å². The van der Waals surface area contributed by atoms with Crippen molar-refractivity contribution in [1.29, 1.82) is 0 Å². The zero-order valence-corrected chi connectivity index (χ0v) is 11.2. The smallest absolute Gasteiger partial charge is 0.244 e. The zero-order chi connectivity index (χ0) is 13.1. The van der Waals surface area contributed by atoms with Crippen molar-refractivity contribution in [3.8, 4) is 0 Å². The molecular weight excluding hydrogens is 238 g/mol. The molecule has 1 aromatic rings. The van der Waals surface area contributed by atoms with Crippen LogP contribution in [-0.4, -0.2) is 30.8 Å². The Kier molecular flexibility index (Phi) is 4.62. The lowest BCUT2D eigenvalue weighted by molar-refractivity contribution is 0.380. The van der Waals surface area contributed by atoms with Gasteiger partial charge in [-0.1, -0.05) is 6.92 Å². The van der Waals surface area contributed by atoms with E-state index in [0.29, 0.717) is 5.69 Å². The Morgan fingerprint density at radius 1 is 1.53 bits per heavy atom. The van der Waals surface area contributed by atoms with Crippen LogP contribution in [0.4, 0.5) is 0 Å². The molecule has 96 valence electrons. The standard InChI is InChI=1S/C11H19N3O2S/c1-4-9(2)14(3)17(15,16)11-6-5-7-13-10(11)8-12/h5-7,9H,4,8,12H2,1-3H3. The Balaban J connectivity index is 3.22. The molecule has 0 aliphatic carbocycles. The molecule has 0 fully saturated rings. The quantitative estimate of drug-likeness (QED) is 0.852. The molecule has 0 aromatic carbocycles. The largest absolute Gasteiger partial charge is 0.325 e. The average molecular weight is 257 g/mol. The van der Waals surface area contributed by atoms with E-state index >= 15 is 0 Å². The van der Waals surface area contributed by atoms with Crippen LogP contribution < -0.4 is 5.73 Å². The molecule has 1 rings (SSSR count). The first kappa shape index (κ1) is 14.1. The van der Waals surface area contributed by atoms with Crippen molar-refractivity contribution in [2.75, 3.05) is 7.05 Å². The number of hydrogen-bond acceptors (Lipinski definition) is 4. The van der Waals surface area contributed by atoms with Crippen LogP contribution in [0.2, 0.25) is 0 Å². The van der Waals surface area contributed by atoms with E-state index in [4.69, 9.17) is 5.73 Å². The van der Waals surface area contributed by atoms with Gasteiger partial charge >= 0.3 is 0 Å². The Labute approximate surface area is 103 Å². The number of nitrogens with two attached hydrogens (primary N) is 1. The van der Waals surface area contributed by atoms with E-state index < -0.39 is 10.0 Å². The molecule has 5 nitrogen and oxygen atoms in total. The summed E-state index contributed by atoms with van der Waals surface area (Å²) in [6.45, 7) is 3.93. The highest BCUT2D eigenvalue weighted by molar-refractivity contribution is 7.89. The monoisotopic (exact) mass is 257 g/mol. The van der Waals surface area contributed by atoms with Crippen LogP contribution in [-0.2, 0) is 16.6 Å². The van der Waals surface area contributed by atoms with Crippen molar-refractivity contribution in [3.05, 3.63) is 24.0 Å². The first-order chi connectivity index (χ1) is 7.95. The minimum Gasteiger partial charge on any atom is -0.325 e. The summed E-state index contributed by atoms with van der Waals surface area (Å²) in [5.41, 5.74) is 5.92. The SMILES string of the molecule is CCC(C)N(C)S(=O)(=O)c1cccnc1CN. The maximum atomic E-state index is 12.3. The van der Waals surface area contributed by atoms with E-state index in [9.17, 15) is 8.42 Å². The molecule has 1 atom stereocenters. The average Bonchev–Trinajstić information content (AvgIpc) is 2.36. The van der Waals surface area contributed by atoms with E-state index in [1.165, 1.54) is 4.31 Å². The third kappa shape index (κ3) is 2.83. The molecule has 1 aromatic heterocycles. The van der Waals surface area contributed by atoms with E-state index in [-0.39, 0.29) is 17.5 Å². The fourth-order valence-corrected chi connectivity index (χ4v) is 3.08. The normalized spacial score (nSPS) is 13.9. The third-order valence-electron chi connectivity index (χ3n) is 2.91. The van der Waals surface area contributed by atoms with E-state index in [2.05, 4.69) is 4.98 Å². The molecule has 0 aliphatic heterocycles. The Bertz CT molecular complexity index is 473. The summed E-state index contributed by atoms with van der Waals surface area (Å²) in [6, 6.07) is 3.10. The molecule has 0 saturated heterocycles. The summed E-state index contributed by atoms with van der Waals surface area (Å²) < 4.78 is 26.0. The molecular formula is C11H19N3O2S. The number of rotatable bonds is 5. The summed E-state index contributed by atoms with van der Waals surface area (Å²) >= 11 is 0. The zero-order valence-electron chi connectivity index (χ0n) is 10.4. The van der Waals surface area contributed by atoms with Gasteiger partial charge in [0.15, 0.2) is 0 Å². The topological polar surface area (TPSA) is 76.3 Å². The van der Waals surface area contributed by atoms with Crippen molar-refractivity contribution in [1.82, 2.24) is 9.29 Å². The maximum Gasteiger partial charge on any atom is 0.244 e. The van der Waals surface area contributed by atoms with Gasteiger partial charge in [0.2, 0.25) is 10.0 Å². The molecule has 0 amide bonds. The van der Waals surface area contributed by atoms with Crippen LogP contribution in [0.25, 0.3) is 0 Å². The Morgan fingerprint density at radius 3 is 2.71 bits per heavy atom. The third-order valence-corrected chi connectivity index (χ3v) is 4.96. The Hall–Kier alpha value is -0.980. The second-order valence-electron chi connectivity index (χ2n) is 3.93. The van der Waals surface area contributed by atoms with Gasteiger partial charge in [0, 0.05) is 25.8 Å². The van der Waals surface area contributed by atoms with Crippen LogP contribution in [0.15, 0.2) is 23.2 Å². The lowest BCUT2D eigenvalue weighted by atomic mass is 10.3. The molecule has 2 N–H and O–H groups in total. The highest BCUT2D eigenvalue weighted by atomic mass is 32.2. The molecule has 0 saturated carbocycles. The lowest BCUT2D eigenvalue weighted by Gasteiger charge is -2.23. The van der Waals surface area contributed by atoms with Gasteiger partial charge in [-0.25, -0.2) is 8.42 Å². The first-order valence-corrected chi connectivity index (χ1v) is 7.01. The fourth-order valence-electron chi connectivity index (χ4n) is 1.46. The van der Waals surface area contributed by atoms with Crippen molar-refractivity contribution < 1.29 is 8.42 Å². The van der Waals surface area contributed by atoms with Gasteiger partial charge in [0.25, 0.3) is 0 Å². The minimum atomic E-state index is -3.50. The van der Waals surface area contributed by atoms with Gasteiger partial charge in [-0.3, -0.25) is 4.98 Å². The van der Waals surface area contributed by atoms with Gasteiger partial charge < -0.3 is 5.73 Å². The van der Waals surface area contributed by atoms with E-state index in [0.717, 1.165) is 6.42 Å². The molecule has 1 unspecified atom stereocenters.